The molecule has 2 amide bonds. The van der Waals surface area contributed by atoms with Crippen LogP contribution in [0.2, 0.25) is 0 Å². The third kappa shape index (κ3) is 6.25. The average molecular weight is 386 g/mol. The van der Waals surface area contributed by atoms with Crippen molar-refractivity contribution in [2.75, 3.05) is 32.1 Å². The molecule has 0 bridgehead atoms. The number of carbonyl (C=O) groups excluding carboxylic acids is 2. The molecule has 1 aromatic carbocycles. The molecule has 3 atom stereocenters. The molecular weight excluding hydrogens is 358 g/mol. The van der Waals surface area contributed by atoms with Gasteiger partial charge < -0.3 is 25.4 Å². The Balaban J connectivity index is 0.00000338. The van der Waals surface area contributed by atoms with E-state index in [0.29, 0.717) is 24.3 Å². The van der Waals surface area contributed by atoms with Crippen molar-refractivity contribution in [3.8, 4) is 0 Å². The maximum atomic E-state index is 12.6. The van der Waals surface area contributed by atoms with Crippen LogP contribution in [0.5, 0.6) is 0 Å². The van der Waals surface area contributed by atoms with Crippen LogP contribution in [0.15, 0.2) is 24.3 Å². The number of halogens is 1. The van der Waals surface area contributed by atoms with Crippen LogP contribution in [-0.4, -0.2) is 61.8 Å². The molecule has 1 saturated heterocycles. The quantitative estimate of drug-likeness (QED) is 0.776. The summed E-state index contributed by atoms with van der Waals surface area (Å²) in [6.07, 6.45) is -0.0479. The summed E-state index contributed by atoms with van der Waals surface area (Å²) in [6.45, 7) is 5.37. The first-order valence-corrected chi connectivity index (χ1v) is 8.50. The van der Waals surface area contributed by atoms with Crippen LogP contribution in [-0.2, 0) is 14.3 Å². The first-order chi connectivity index (χ1) is 11.9. The van der Waals surface area contributed by atoms with E-state index < -0.39 is 0 Å². The van der Waals surface area contributed by atoms with Crippen LogP contribution in [0.1, 0.15) is 30.6 Å². The van der Waals surface area contributed by atoms with Gasteiger partial charge in [-0.15, -0.1) is 12.4 Å². The molecule has 1 aliphatic rings. The normalized spacial score (nSPS) is 20.8. The molecule has 7 nitrogen and oxygen atoms in total. The molecule has 1 aliphatic heterocycles. The van der Waals surface area contributed by atoms with Crippen molar-refractivity contribution >= 4 is 29.9 Å². The highest BCUT2D eigenvalue weighted by atomic mass is 35.5. The second-order valence-corrected chi connectivity index (χ2v) is 6.39. The van der Waals surface area contributed by atoms with Gasteiger partial charge in [0.2, 0.25) is 5.91 Å². The molecule has 3 unspecified atom stereocenters. The summed E-state index contributed by atoms with van der Waals surface area (Å²) in [7, 11) is 1.53. The molecule has 0 aliphatic carbocycles. The number of morpholine rings is 1. The highest BCUT2D eigenvalue weighted by molar-refractivity contribution is 5.96. The zero-order valence-corrected chi connectivity index (χ0v) is 16.3. The van der Waals surface area contributed by atoms with Crippen LogP contribution in [0.4, 0.5) is 5.69 Å². The molecule has 1 heterocycles. The third-order valence-electron chi connectivity index (χ3n) is 4.13. The van der Waals surface area contributed by atoms with Gasteiger partial charge in [-0.05, 0) is 38.1 Å². The van der Waals surface area contributed by atoms with Gasteiger partial charge in [-0.2, -0.15) is 0 Å². The number of methoxy groups -OCH3 is 1. The fourth-order valence-corrected chi connectivity index (χ4v) is 2.90. The number of hydrogen-bond acceptors (Lipinski definition) is 5. The lowest BCUT2D eigenvalue weighted by Gasteiger charge is -2.35. The predicted octanol–water partition coefficient (Wildman–Crippen LogP) is 1.66. The maximum absolute atomic E-state index is 12.6. The molecule has 3 N–H and O–H groups in total. The molecule has 1 aromatic rings. The zero-order chi connectivity index (χ0) is 18.4. The number of rotatable bonds is 6. The van der Waals surface area contributed by atoms with E-state index in [9.17, 15) is 9.59 Å². The Bertz CT molecular complexity index is 583. The summed E-state index contributed by atoms with van der Waals surface area (Å²) >= 11 is 0. The van der Waals surface area contributed by atoms with E-state index in [0.717, 1.165) is 0 Å². The average Bonchev–Trinajstić information content (AvgIpc) is 2.59. The number of nitrogens with one attached hydrogen (secondary N) is 1. The predicted molar refractivity (Wildman–Crippen MR) is 103 cm³/mol. The van der Waals surface area contributed by atoms with Gasteiger partial charge in [0.05, 0.1) is 24.7 Å². The van der Waals surface area contributed by atoms with Crippen LogP contribution < -0.4 is 11.1 Å². The van der Waals surface area contributed by atoms with Crippen molar-refractivity contribution in [1.82, 2.24) is 4.90 Å². The Morgan fingerprint density at radius 3 is 2.35 bits per heavy atom. The number of nitrogens with two attached hydrogens (primary N) is 1. The first-order valence-electron chi connectivity index (χ1n) is 8.50. The first kappa shape index (κ1) is 22.4. The van der Waals surface area contributed by atoms with Crippen LogP contribution >= 0.6 is 12.4 Å². The monoisotopic (exact) mass is 385 g/mol. The van der Waals surface area contributed by atoms with Crippen LogP contribution in [0.25, 0.3) is 0 Å². The maximum Gasteiger partial charge on any atom is 0.254 e. The van der Waals surface area contributed by atoms with Crippen molar-refractivity contribution in [2.24, 2.45) is 5.73 Å². The Kier molecular flexibility index (Phi) is 9.01. The van der Waals surface area contributed by atoms with Gasteiger partial charge in [0.15, 0.2) is 0 Å². The molecular formula is C18H28ClN3O4. The number of anilines is 1. The number of ether oxygens (including phenoxy) is 2. The lowest BCUT2D eigenvalue weighted by atomic mass is 10.1. The Morgan fingerprint density at radius 2 is 1.85 bits per heavy atom. The summed E-state index contributed by atoms with van der Waals surface area (Å²) in [5, 5.41) is 2.78. The highest BCUT2D eigenvalue weighted by Gasteiger charge is 2.26. The van der Waals surface area contributed by atoms with E-state index in [4.69, 9.17) is 15.2 Å². The molecule has 0 saturated carbocycles. The van der Waals surface area contributed by atoms with Crippen molar-refractivity contribution in [3.05, 3.63) is 29.8 Å². The van der Waals surface area contributed by atoms with Gasteiger partial charge in [0.25, 0.3) is 5.91 Å². The van der Waals surface area contributed by atoms with Crippen molar-refractivity contribution in [2.45, 2.75) is 38.6 Å². The van der Waals surface area contributed by atoms with Crippen LogP contribution in [0, 0.1) is 0 Å². The number of nitrogens with zero attached hydrogens (tertiary/aromatic N) is 1. The van der Waals surface area contributed by atoms with E-state index in [1.807, 2.05) is 13.8 Å². The van der Waals surface area contributed by atoms with Gasteiger partial charge in [-0.25, -0.2) is 0 Å². The Morgan fingerprint density at radius 1 is 1.27 bits per heavy atom. The zero-order valence-electron chi connectivity index (χ0n) is 15.4. The minimum absolute atomic E-state index is 0. The molecule has 0 radical (unpaired) electrons. The summed E-state index contributed by atoms with van der Waals surface area (Å²) < 4.78 is 10.8. The smallest absolute Gasteiger partial charge is 0.254 e. The summed E-state index contributed by atoms with van der Waals surface area (Å²) in [4.78, 5) is 26.3. The van der Waals surface area contributed by atoms with E-state index in [1.54, 1.807) is 29.2 Å². The van der Waals surface area contributed by atoms with Crippen molar-refractivity contribution in [1.29, 1.82) is 0 Å². The molecule has 8 heteroatoms. The van der Waals surface area contributed by atoms with Gasteiger partial charge >= 0.3 is 0 Å². The van der Waals surface area contributed by atoms with Gasteiger partial charge in [0.1, 0.15) is 0 Å². The lowest BCUT2D eigenvalue weighted by Crippen LogP contribution is -2.48. The summed E-state index contributed by atoms with van der Waals surface area (Å²) in [5.74, 6) is -0.199. The molecule has 146 valence electrons. The number of amides is 2. The number of carbonyl (C=O) groups is 2. The summed E-state index contributed by atoms with van der Waals surface area (Å²) in [5.41, 5.74) is 6.74. The van der Waals surface area contributed by atoms with Gasteiger partial charge in [-0.3, -0.25) is 9.59 Å². The number of hydrogen-bond donors (Lipinski definition) is 2. The molecule has 0 aromatic heterocycles. The lowest BCUT2D eigenvalue weighted by molar-refractivity contribution is -0.118. The fourth-order valence-electron chi connectivity index (χ4n) is 2.90. The van der Waals surface area contributed by atoms with Crippen molar-refractivity contribution < 1.29 is 19.1 Å². The molecule has 26 heavy (non-hydrogen) atoms. The molecule has 2 rings (SSSR count). The van der Waals surface area contributed by atoms with Crippen molar-refractivity contribution in [3.63, 3.8) is 0 Å². The standard InChI is InChI=1S/C18H27N3O4.ClH/c1-12-10-21(11-13(2)25-12)18(23)14-4-6-15(7-5-14)20-17(22)8-16(9-19)24-3;/h4-7,12-13,16H,8-11,19H2,1-3H3,(H,20,22);1H. The SMILES string of the molecule is COC(CN)CC(=O)Nc1ccc(C(=O)N2CC(C)OC(C)C2)cc1.Cl. The Hall–Kier alpha value is -1.67. The van der Waals surface area contributed by atoms with E-state index in [1.165, 1.54) is 7.11 Å². The largest absolute Gasteiger partial charge is 0.380 e. The fraction of sp³-hybridized carbons (Fsp3) is 0.556. The minimum atomic E-state index is -0.300. The molecule has 1 fully saturated rings. The van der Waals surface area contributed by atoms with E-state index in [2.05, 4.69) is 5.32 Å². The summed E-state index contributed by atoms with van der Waals surface area (Å²) in [6, 6.07) is 6.89. The molecule has 0 spiro atoms. The Labute approximate surface area is 160 Å². The number of benzene rings is 1. The van der Waals surface area contributed by atoms with Gasteiger partial charge in [-0.1, -0.05) is 0 Å². The minimum Gasteiger partial charge on any atom is -0.380 e. The van der Waals surface area contributed by atoms with E-state index >= 15 is 0 Å². The van der Waals surface area contributed by atoms with Gasteiger partial charge in [0, 0.05) is 38.0 Å². The second kappa shape index (κ2) is 10.5. The second-order valence-electron chi connectivity index (χ2n) is 6.39. The third-order valence-corrected chi connectivity index (χ3v) is 4.13. The topological polar surface area (TPSA) is 93.9 Å². The highest BCUT2D eigenvalue weighted by Crippen LogP contribution is 2.16. The van der Waals surface area contributed by atoms with Crippen LogP contribution in [0.3, 0.4) is 0 Å². The van der Waals surface area contributed by atoms with E-state index in [-0.39, 0.29) is 55.5 Å².